The SMILES string of the molecule is Cc1ccc(N)cc1S(=O)(=O)NC(C)(C)CO. The number of aliphatic hydroxyl groups excluding tert-OH is 1. The summed E-state index contributed by atoms with van der Waals surface area (Å²) in [6.07, 6.45) is 0. The van der Waals surface area contributed by atoms with Gasteiger partial charge in [-0.3, -0.25) is 0 Å². The first-order valence-corrected chi connectivity index (χ1v) is 6.67. The molecule has 0 amide bonds. The minimum absolute atomic E-state index is 0.138. The van der Waals surface area contributed by atoms with Crippen molar-refractivity contribution in [3.8, 4) is 0 Å². The summed E-state index contributed by atoms with van der Waals surface area (Å²) < 4.78 is 26.6. The van der Waals surface area contributed by atoms with E-state index in [1.807, 2.05) is 0 Å². The molecule has 0 aromatic heterocycles. The largest absolute Gasteiger partial charge is 0.399 e. The van der Waals surface area contributed by atoms with Crippen LogP contribution in [0.25, 0.3) is 0 Å². The van der Waals surface area contributed by atoms with E-state index in [-0.39, 0.29) is 11.5 Å². The van der Waals surface area contributed by atoms with Crippen LogP contribution in [0, 0.1) is 6.92 Å². The maximum absolute atomic E-state index is 12.1. The molecule has 0 spiro atoms. The topological polar surface area (TPSA) is 92.4 Å². The third-order valence-corrected chi connectivity index (χ3v) is 4.15. The molecule has 6 heteroatoms. The number of benzene rings is 1. The van der Waals surface area contributed by atoms with E-state index in [2.05, 4.69) is 4.72 Å². The number of nitrogens with one attached hydrogen (secondary N) is 1. The molecule has 0 fully saturated rings. The van der Waals surface area contributed by atoms with Gasteiger partial charge in [0.2, 0.25) is 10.0 Å². The molecule has 0 unspecified atom stereocenters. The highest BCUT2D eigenvalue weighted by atomic mass is 32.2. The van der Waals surface area contributed by atoms with E-state index in [0.29, 0.717) is 11.3 Å². The molecule has 0 aliphatic rings. The van der Waals surface area contributed by atoms with Crippen LogP contribution < -0.4 is 10.5 Å². The highest BCUT2D eigenvalue weighted by molar-refractivity contribution is 7.89. The zero-order chi connectivity index (χ0) is 13.3. The molecular weight excluding hydrogens is 240 g/mol. The zero-order valence-corrected chi connectivity index (χ0v) is 11.0. The van der Waals surface area contributed by atoms with Gasteiger partial charge in [-0.2, -0.15) is 0 Å². The summed E-state index contributed by atoms with van der Waals surface area (Å²) >= 11 is 0. The molecule has 0 saturated heterocycles. The van der Waals surface area contributed by atoms with Crippen LogP contribution in [0.3, 0.4) is 0 Å². The molecular formula is C11H18N2O3S. The predicted molar refractivity (Wildman–Crippen MR) is 67.1 cm³/mol. The van der Waals surface area contributed by atoms with Gasteiger partial charge in [0.1, 0.15) is 0 Å². The highest BCUT2D eigenvalue weighted by Crippen LogP contribution is 2.19. The number of aliphatic hydroxyl groups is 1. The Morgan fingerprint density at radius 1 is 1.41 bits per heavy atom. The van der Waals surface area contributed by atoms with Crippen LogP contribution in [-0.2, 0) is 10.0 Å². The van der Waals surface area contributed by atoms with Crippen LogP contribution in [0.5, 0.6) is 0 Å². The van der Waals surface area contributed by atoms with E-state index < -0.39 is 15.6 Å². The molecule has 96 valence electrons. The smallest absolute Gasteiger partial charge is 0.241 e. The van der Waals surface area contributed by atoms with Crippen molar-refractivity contribution in [1.29, 1.82) is 0 Å². The van der Waals surface area contributed by atoms with Crippen molar-refractivity contribution in [2.75, 3.05) is 12.3 Å². The first-order valence-electron chi connectivity index (χ1n) is 5.19. The van der Waals surface area contributed by atoms with Gasteiger partial charge in [-0.05, 0) is 38.5 Å². The molecule has 0 atom stereocenters. The number of hydrogen-bond acceptors (Lipinski definition) is 4. The van der Waals surface area contributed by atoms with E-state index in [4.69, 9.17) is 10.8 Å². The molecule has 17 heavy (non-hydrogen) atoms. The quantitative estimate of drug-likeness (QED) is 0.690. The van der Waals surface area contributed by atoms with Crippen molar-refractivity contribution in [2.24, 2.45) is 0 Å². The van der Waals surface area contributed by atoms with E-state index in [1.165, 1.54) is 6.07 Å². The van der Waals surface area contributed by atoms with Gasteiger partial charge < -0.3 is 10.8 Å². The van der Waals surface area contributed by atoms with Crippen LogP contribution in [0.1, 0.15) is 19.4 Å². The van der Waals surface area contributed by atoms with Crippen LogP contribution in [0.15, 0.2) is 23.1 Å². The van der Waals surface area contributed by atoms with Gasteiger partial charge in [0.15, 0.2) is 0 Å². The maximum Gasteiger partial charge on any atom is 0.241 e. The molecule has 0 heterocycles. The Labute approximate surface area is 102 Å². The number of hydrogen-bond donors (Lipinski definition) is 3. The Bertz CT molecular complexity index is 509. The minimum Gasteiger partial charge on any atom is -0.399 e. The molecule has 5 nitrogen and oxygen atoms in total. The number of sulfonamides is 1. The van der Waals surface area contributed by atoms with Crippen molar-refractivity contribution in [1.82, 2.24) is 4.72 Å². The van der Waals surface area contributed by atoms with Crippen LogP contribution >= 0.6 is 0 Å². The summed E-state index contributed by atoms with van der Waals surface area (Å²) in [5.74, 6) is 0. The summed E-state index contributed by atoms with van der Waals surface area (Å²) in [5.41, 5.74) is 5.67. The lowest BCUT2D eigenvalue weighted by Gasteiger charge is -2.23. The van der Waals surface area contributed by atoms with Crippen LogP contribution in [0.4, 0.5) is 5.69 Å². The predicted octanol–water partition coefficient (Wildman–Crippen LogP) is 0.626. The molecule has 0 radical (unpaired) electrons. The van der Waals surface area contributed by atoms with E-state index in [1.54, 1.807) is 32.9 Å². The Hall–Kier alpha value is -1.11. The van der Waals surface area contributed by atoms with Gasteiger partial charge in [-0.15, -0.1) is 0 Å². The third kappa shape index (κ3) is 3.42. The number of aryl methyl sites for hydroxylation is 1. The molecule has 1 aromatic rings. The second-order valence-electron chi connectivity index (χ2n) is 4.67. The summed E-state index contributed by atoms with van der Waals surface area (Å²) in [7, 11) is -3.67. The Balaban J connectivity index is 3.18. The Morgan fingerprint density at radius 3 is 2.53 bits per heavy atom. The Kier molecular flexibility index (Phi) is 3.81. The fraction of sp³-hybridized carbons (Fsp3) is 0.455. The van der Waals surface area contributed by atoms with Crippen molar-refractivity contribution < 1.29 is 13.5 Å². The van der Waals surface area contributed by atoms with Gasteiger partial charge in [0.05, 0.1) is 17.0 Å². The number of nitrogen functional groups attached to an aromatic ring is 1. The molecule has 0 aliphatic carbocycles. The lowest BCUT2D eigenvalue weighted by molar-refractivity contribution is 0.208. The monoisotopic (exact) mass is 258 g/mol. The molecule has 1 aromatic carbocycles. The van der Waals surface area contributed by atoms with Crippen LogP contribution in [-0.4, -0.2) is 25.7 Å². The van der Waals surface area contributed by atoms with Gasteiger partial charge in [0, 0.05) is 5.69 Å². The maximum atomic E-state index is 12.1. The number of anilines is 1. The number of rotatable bonds is 4. The number of nitrogens with two attached hydrogens (primary N) is 1. The first-order chi connectivity index (χ1) is 7.68. The standard InChI is InChI=1S/C11H18N2O3S/c1-8-4-5-9(12)6-10(8)17(15,16)13-11(2,3)7-14/h4-6,13-14H,7,12H2,1-3H3. The van der Waals surface area contributed by atoms with Gasteiger partial charge >= 0.3 is 0 Å². The normalized spacial score (nSPS) is 12.7. The third-order valence-electron chi connectivity index (χ3n) is 2.31. The zero-order valence-electron chi connectivity index (χ0n) is 10.2. The fourth-order valence-corrected chi connectivity index (χ4v) is 3.04. The van der Waals surface area contributed by atoms with E-state index in [0.717, 1.165) is 0 Å². The summed E-state index contributed by atoms with van der Waals surface area (Å²) in [4.78, 5) is 0.138. The second-order valence-corrected chi connectivity index (χ2v) is 6.32. The summed E-state index contributed by atoms with van der Waals surface area (Å²) in [6.45, 7) is 4.62. The van der Waals surface area contributed by atoms with Gasteiger partial charge in [0.25, 0.3) is 0 Å². The van der Waals surface area contributed by atoms with E-state index >= 15 is 0 Å². The Morgan fingerprint density at radius 2 is 2.00 bits per heavy atom. The second kappa shape index (κ2) is 4.64. The van der Waals surface area contributed by atoms with Crippen molar-refractivity contribution in [3.05, 3.63) is 23.8 Å². The minimum atomic E-state index is -3.67. The van der Waals surface area contributed by atoms with Crippen molar-refractivity contribution in [2.45, 2.75) is 31.2 Å². The fourth-order valence-electron chi connectivity index (χ4n) is 1.36. The van der Waals surface area contributed by atoms with E-state index in [9.17, 15) is 8.42 Å². The van der Waals surface area contributed by atoms with Gasteiger partial charge in [-0.1, -0.05) is 6.07 Å². The lowest BCUT2D eigenvalue weighted by atomic mass is 10.1. The highest BCUT2D eigenvalue weighted by Gasteiger charge is 2.26. The summed E-state index contributed by atoms with van der Waals surface area (Å²) in [5, 5.41) is 9.08. The lowest BCUT2D eigenvalue weighted by Crippen LogP contribution is -2.46. The molecule has 0 aliphatic heterocycles. The average Bonchev–Trinajstić information content (AvgIpc) is 2.20. The van der Waals surface area contributed by atoms with Crippen molar-refractivity contribution in [3.63, 3.8) is 0 Å². The molecule has 0 saturated carbocycles. The van der Waals surface area contributed by atoms with Gasteiger partial charge in [-0.25, -0.2) is 13.1 Å². The molecule has 1 rings (SSSR count). The first kappa shape index (κ1) is 14.0. The average molecular weight is 258 g/mol. The van der Waals surface area contributed by atoms with Crippen molar-refractivity contribution >= 4 is 15.7 Å². The molecule has 4 N–H and O–H groups in total. The molecule has 0 bridgehead atoms. The summed E-state index contributed by atoms with van der Waals surface area (Å²) in [6, 6.07) is 4.70. The van der Waals surface area contributed by atoms with Crippen LogP contribution in [0.2, 0.25) is 0 Å².